The van der Waals surface area contributed by atoms with Crippen LogP contribution < -0.4 is 5.32 Å². The van der Waals surface area contributed by atoms with Gasteiger partial charge in [-0.05, 0) is 54.8 Å². The van der Waals surface area contributed by atoms with Gasteiger partial charge in [0.15, 0.2) is 11.5 Å². The molecule has 0 aliphatic carbocycles. The van der Waals surface area contributed by atoms with E-state index in [9.17, 15) is 9.18 Å². The summed E-state index contributed by atoms with van der Waals surface area (Å²) >= 11 is 0. The van der Waals surface area contributed by atoms with Crippen LogP contribution in [0.25, 0.3) is 11.3 Å². The predicted octanol–water partition coefficient (Wildman–Crippen LogP) is 5.08. The highest BCUT2D eigenvalue weighted by Gasteiger charge is 2.14. The molecular weight excluding hydrogens is 319 g/mol. The molecule has 4 nitrogen and oxygen atoms in total. The van der Waals surface area contributed by atoms with Gasteiger partial charge in [0.2, 0.25) is 0 Å². The van der Waals surface area contributed by atoms with Crippen molar-refractivity contribution < 1.29 is 13.7 Å². The summed E-state index contributed by atoms with van der Waals surface area (Å²) in [6.07, 6.45) is 3.34. The van der Waals surface area contributed by atoms with Crippen LogP contribution in [0, 0.1) is 5.82 Å². The zero-order valence-electron chi connectivity index (χ0n) is 14.0. The van der Waals surface area contributed by atoms with Gasteiger partial charge in [0.1, 0.15) is 5.82 Å². The highest BCUT2D eigenvalue weighted by atomic mass is 19.1. The lowest BCUT2D eigenvalue weighted by molar-refractivity contribution is 0.101. The number of rotatable bonds is 6. The molecule has 0 bridgehead atoms. The van der Waals surface area contributed by atoms with Gasteiger partial charge in [0.25, 0.3) is 5.91 Å². The summed E-state index contributed by atoms with van der Waals surface area (Å²) in [5.74, 6) is -0.262. The van der Waals surface area contributed by atoms with Gasteiger partial charge >= 0.3 is 0 Å². The first kappa shape index (κ1) is 16.9. The van der Waals surface area contributed by atoms with Crippen LogP contribution in [0.1, 0.15) is 35.8 Å². The second-order valence-corrected chi connectivity index (χ2v) is 5.84. The van der Waals surface area contributed by atoms with Crippen LogP contribution >= 0.6 is 0 Å². The van der Waals surface area contributed by atoms with E-state index in [2.05, 4.69) is 17.4 Å². The molecule has 0 atom stereocenters. The molecule has 3 aromatic rings. The Morgan fingerprint density at radius 2 is 1.84 bits per heavy atom. The van der Waals surface area contributed by atoms with E-state index in [0.717, 1.165) is 19.3 Å². The number of carbonyl (C=O) groups excluding carboxylic acids is 1. The zero-order chi connectivity index (χ0) is 17.6. The summed E-state index contributed by atoms with van der Waals surface area (Å²) in [5.41, 5.74) is 2.79. The van der Waals surface area contributed by atoms with E-state index in [4.69, 9.17) is 4.52 Å². The van der Waals surface area contributed by atoms with Gasteiger partial charge in [-0.3, -0.25) is 4.79 Å². The van der Waals surface area contributed by atoms with Crippen molar-refractivity contribution in [3.8, 4) is 11.3 Å². The molecule has 0 unspecified atom stereocenters. The Labute approximate surface area is 145 Å². The van der Waals surface area contributed by atoms with E-state index >= 15 is 0 Å². The molecular formula is C20H19FN2O2. The number of anilines is 1. The molecule has 1 amide bonds. The maximum absolute atomic E-state index is 13.0. The molecule has 0 aliphatic heterocycles. The molecule has 1 aromatic heterocycles. The van der Waals surface area contributed by atoms with E-state index in [1.807, 2.05) is 24.3 Å². The molecule has 5 heteroatoms. The van der Waals surface area contributed by atoms with Crippen LogP contribution in [0.5, 0.6) is 0 Å². The van der Waals surface area contributed by atoms with Gasteiger partial charge in [-0.2, -0.15) is 0 Å². The minimum atomic E-state index is -0.349. The number of aromatic nitrogens is 1. The predicted molar refractivity (Wildman–Crippen MR) is 94.9 cm³/mol. The van der Waals surface area contributed by atoms with Crippen molar-refractivity contribution in [3.63, 3.8) is 0 Å². The fourth-order valence-corrected chi connectivity index (χ4v) is 2.46. The number of hydrogen-bond acceptors (Lipinski definition) is 3. The molecule has 0 fully saturated rings. The number of halogens is 1. The van der Waals surface area contributed by atoms with Gasteiger partial charge in [0.05, 0.1) is 0 Å². The monoisotopic (exact) mass is 338 g/mol. The first-order valence-electron chi connectivity index (χ1n) is 8.28. The number of unbranched alkanes of at least 4 members (excludes halogenated alkanes) is 1. The number of benzene rings is 2. The normalized spacial score (nSPS) is 10.6. The zero-order valence-corrected chi connectivity index (χ0v) is 14.0. The van der Waals surface area contributed by atoms with E-state index in [1.54, 1.807) is 12.1 Å². The number of amides is 1. The van der Waals surface area contributed by atoms with E-state index in [-0.39, 0.29) is 17.4 Å². The van der Waals surface area contributed by atoms with Gasteiger partial charge in [-0.25, -0.2) is 4.39 Å². The minimum Gasteiger partial charge on any atom is -0.355 e. The molecule has 1 heterocycles. The average molecular weight is 338 g/mol. The molecule has 128 valence electrons. The highest BCUT2D eigenvalue weighted by Crippen LogP contribution is 2.21. The Bertz CT molecular complexity index is 839. The minimum absolute atomic E-state index is 0.175. The first-order chi connectivity index (χ1) is 12.2. The van der Waals surface area contributed by atoms with Crippen molar-refractivity contribution in [3.05, 3.63) is 71.7 Å². The molecule has 0 saturated carbocycles. The molecule has 1 N–H and O–H groups in total. The van der Waals surface area contributed by atoms with Crippen molar-refractivity contribution in [2.24, 2.45) is 0 Å². The third-order valence-corrected chi connectivity index (χ3v) is 3.90. The molecule has 0 radical (unpaired) electrons. The van der Waals surface area contributed by atoms with Crippen LogP contribution in [0.3, 0.4) is 0 Å². The summed E-state index contributed by atoms with van der Waals surface area (Å²) in [6.45, 7) is 2.16. The average Bonchev–Trinajstić information content (AvgIpc) is 3.12. The number of aryl methyl sites for hydroxylation is 1. The molecule has 2 aromatic carbocycles. The van der Waals surface area contributed by atoms with Crippen molar-refractivity contribution in [2.75, 3.05) is 5.32 Å². The lowest BCUT2D eigenvalue weighted by atomic mass is 10.1. The summed E-state index contributed by atoms with van der Waals surface area (Å²) in [5, 5.41) is 6.58. The van der Waals surface area contributed by atoms with Crippen molar-refractivity contribution >= 4 is 11.6 Å². The molecule has 25 heavy (non-hydrogen) atoms. The topological polar surface area (TPSA) is 55.1 Å². The van der Waals surface area contributed by atoms with Crippen LogP contribution in [0.4, 0.5) is 10.1 Å². The smallest absolute Gasteiger partial charge is 0.277 e. The quantitative estimate of drug-likeness (QED) is 0.682. The maximum Gasteiger partial charge on any atom is 0.277 e. The molecule has 3 rings (SSSR count). The SMILES string of the molecule is CCCCc1ccc(NC(=O)c2cc(-c3ccc(F)cc3)on2)cc1. The van der Waals surface area contributed by atoms with Crippen LogP contribution in [0.2, 0.25) is 0 Å². The third kappa shape index (κ3) is 4.32. The van der Waals surface area contributed by atoms with Crippen LogP contribution in [-0.2, 0) is 6.42 Å². The Morgan fingerprint density at radius 3 is 2.52 bits per heavy atom. The van der Waals surface area contributed by atoms with Crippen molar-refractivity contribution in [2.45, 2.75) is 26.2 Å². The number of nitrogens with zero attached hydrogens (tertiary/aromatic N) is 1. The number of carbonyl (C=O) groups is 1. The second-order valence-electron chi connectivity index (χ2n) is 5.84. The van der Waals surface area contributed by atoms with Crippen molar-refractivity contribution in [1.29, 1.82) is 0 Å². The number of nitrogens with one attached hydrogen (secondary N) is 1. The summed E-state index contributed by atoms with van der Waals surface area (Å²) in [7, 11) is 0. The molecule has 0 spiro atoms. The highest BCUT2D eigenvalue weighted by molar-refractivity contribution is 6.03. The van der Waals surface area contributed by atoms with Gasteiger partial charge < -0.3 is 9.84 Å². The van der Waals surface area contributed by atoms with Gasteiger partial charge in [-0.1, -0.05) is 30.6 Å². The lowest BCUT2D eigenvalue weighted by Gasteiger charge is -2.04. The fraction of sp³-hybridized carbons (Fsp3) is 0.200. The second kappa shape index (κ2) is 7.75. The summed E-state index contributed by atoms with van der Waals surface area (Å²) in [4.78, 5) is 12.3. The van der Waals surface area contributed by atoms with E-state index in [0.29, 0.717) is 17.0 Å². The van der Waals surface area contributed by atoms with Crippen LogP contribution in [-0.4, -0.2) is 11.1 Å². The van der Waals surface area contributed by atoms with Gasteiger partial charge in [0, 0.05) is 17.3 Å². The van der Waals surface area contributed by atoms with Gasteiger partial charge in [-0.15, -0.1) is 0 Å². The summed E-state index contributed by atoms with van der Waals surface area (Å²) < 4.78 is 18.1. The Kier molecular flexibility index (Phi) is 5.23. The largest absolute Gasteiger partial charge is 0.355 e. The standard InChI is InChI=1S/C20H19FN2O2/c1-2-3-4-14-5-11-17(12-6-14)22-20(24)18-13-19(25-23-18)15-7-9-16(21)10-8-15/h5-13H,2-4H2,1H3,(H,22,24). The van der Waals surface area contributed by atoms with E-state index < -0.39 is 0 Å². The fourth-order valence-electron chi connectivity index (χ4n) is 2.46. The number of hydrogen-bond donors (Lipinski definition) is 1. The third-order valence-electron chi connectivity index (χ3n) is 3.90. The van der Waals surface area contributed by atoms with E-state index in [1.165, 1.54) is 23.8 Å². The first-order valence-corrected chi connectivity index (χ1v) is 8.28. The van der Waals surface area contributed by atoms with Crippen LogP contribution in [0.15, 0.2) is 59.1 Å². The summed E-state index contributed by atoms with van der Waals surface area (Å²) in [6, 6.07) is 15.1. The Hall–Kier alpha value is -2.95. The Morgan fingerprint density at radius 1 is 1.12 bits per heavy atom. The Balaban J connectivity index is 1.66. The lowest BCUT2D eigenvalue weighted by Crippen LogP contribution is -2.12. The molecule has 0 saturated heterocycles. The maximum atomic E-state index is 13.0. The molecule has 0 aliphatic rings. The van der Waals surface area contributed by atoms with Crippen molar-refractivity contribution in [1.82, 2.24) is 5.16 Å².